The fourth-order valence-electron chi connectivity index (χ4n) is 3.51. The second kappa shape index (κ2) is 5.26. The van der Waals surface area contributed by atoms with Crippen LogP contribution in [0.15, 0.2) is 30.3 Å². The standard InChI is InChI=1S/C17H24N4/c1-13-18-16(20(4)19-13)11-21-10-15(17(2,3)12-21)14-8-6-5-7-9-14/h5-9,15H,10-12H2,1-4H3. The maximum atomic E-state index is 4.53. The molecule has 3 rings (SSSR count). The Balaban J connectivity index is 1.77. The summed E-state index contributed by atoms with van der Waals surface area (Å²) in [5.74, 6) is 2.48. The molecule has 1 aromatic heterocycles. The first-order chi connectivity index (χ1) is 9.95. The molecule has 0 spiro atoms. The second-order valence-electron chi connectivity index (χ2n) is 6.82. The Hall–Kier alpha value is -1.68. The lowest BCUT2D eigenvalue weighted by Crippen LogP contribution is -2.24. The van der Waals surface area contributed by atoms with E-state index in [4.69, 9.17) is 0 Å². The molecule has 1 aliphatic rings. The highest BCUT2D eigenvalue weighted by atomic mass is 15.3. The summed E-state index contributed by atoms with van der Waals surface area (Å²) >= 11 is 0. The molecule has 1 atom stereocenters. The number of rotatable bonds is 3. The van der Waals surface area contributed by atoms with Crippen molar-refractivity contribution < 1.29 is 0 Å². The largest absolute Gasteiger partial charge is 0.295 e. The normalized spacial score (nSPS) is 21.8. The predicted octanol–water partition coefficient (Wildman–Crippen LogP) is 2.75. The smallest absolute Gasteiger partial charge is 0.147 e. The van der Waals surface area contributed by atoms with Crippen LogP contribution in [0.25, 0.3) is 0 Å². The highest BCUT2D eigenvalue weighted by Crippen LogP contribution is 2.42. The third kappa shape index (κ3) is 2.86. The van der Waals surface area contributed by atoms with Crippen molar-refractivity contribution in [3.63, 3.8) is 0 Å². The molecular weight excluding hydrogens is 260 g/mol. The number of likely N-dealkylation sites (tertiary alicyclic amines) is 1. The van der Waals surface area contributed by atoms with Gasteiger partial charge in [-0.2, -0.15) is 5.10 Å². The number of nitrogens with zero attached hydrogens (tertiary/aromatic N) is 4. The SMILES string of the molecule is Cc1nc(CN2CC(c3ccccc3)C(C)(C)C2)n(C)n1. The summed E-state index contributed by atoms with van der Waals surface area (Å²) in [5, 5.41) is 4.35. The van der Waals surface area contributed by atoms with E-state index in [1.807, 2.05) is 18.7 Å². The molecule has 21 heavy (non-hydrogen) atoms. The van der Waals surface area contributed by atoms with E-state index in [1.54, 1.807) is 0 Å². The molecule has 1 unspecified atom stereocenters. The van der Waals surface area contributed by atoms with Gasteiger partial charge in [0.05, 0.1) is 6.54 Å². The van der Waals surface area contributed by atoms with Gasteiger partial charge in [0.2, 0.25) is 0 Å². The fraction of sp³-hybridized carbons (Fsp3) is 0.529. The molecule has 2 aromatic rings. The van der Waals surface area contributed by atoms with Crippen LogP contribution in [-0.4, -0.2) is 32.8 Å². The van der Waals surface area contributed by atoms with E-state index in [9.17, 15) is 0 Å². The number of aryl methyl sites for hydroxylation is 2. The molecule has 1 aliphatic heterocycles. The van der Waals surface area contributed by atoms with Gasteiger partial charge in [-0.15, -0.1) is 0 Å². The highest BCUT2D eigenvalue weighted by molar-refractivity contribution is 5.24. The molecule has 4 nitrogen and oxygen atoms in total. The lowest BCUT2D eigenvalue weighted by Gasteiger charge is -2.26. The maximum absolute atomic E-state index is 4.53. The van der Waals surface area contributed by atoms with E-state index in [0.717, 1.165) is 31.3 Å². The zero-order valence-corrected chi connectivity index (χ0v) is 13.4. The Kier molecular flexibility index (Phi) is 3.57. The number of aromatic nitrogens is 3. The van der Waals surface area contributed by atoms with Crippen LogP contribution < -0.4 is 0 Å². The van der Waals surface area contributed by atoms with E-state index in [1.165, 1.54) is 5.56 Å². The van der Waals surface area contributed by atoms with Gasteiger partial charge in [-0.3, -0.25) is 9.58 Å². The third-order valence-electron chi connectivity index (χ3n) is 4.54. The predicted molar refractivity (Wildman–Crippen MR) is 84.0 cm³/mol. The van der Waals surface area contributed by atoms with Crippen molar-refractivity contribution in [2.24, 2.45) is 12.5 Å². The first-order valence-corrected chi connectivity index (χ1v) is 7.59. The maximum Gasteiger partial charge on any atom is 0.147 e. The summed E-state index contributed by atoms with van der Waals surface area (Å²) in [6.45, 7) is 9.74. The van der Waals surface area contributed by atoms with Gasteiger partial charge < -0.3 is 0 Å². The summed E-state index contributed by atoms with van der Waals surface area (Å²) in [4.78, 5) is 7.03. The Morgan fingerprint density at radius 3 is 2.57 bits per heavy atom. The second-order valence-corrected chi connectivity index (χ2v) is 6.82. The topological polar surface area (TPSA) is 34.0 Å². The first kappa shape index (κ1) is 14.3. The van der Waals surface area contributed by atoms with E-state index in [0.29, 0.717) is 5.92 Å². The van der Waals surface area contributed by atoms with Gasteiger partial charge in [0, 0.05) is 26.1 Å². The van der Waals surface area contributed by atoms with Gasteiger partial charge in [-0.1, -0.05) is 44.2 Å². The van der Waals surface area contributed by atoms with Crippen LogP contribution in [-0.2, 0) is 13.6 Å². The average molecular weight is 284 g/mol. The molecule has 0 bridgehead atoms. The Morgan fingerprint density at radius 2 is 1.95 bits per heavy atom. The summed E-state index contributed by atoms with van der Waals surface area (Å²) < 4.78 is 1.90. The fourth-order valence-corrected chi connectivity index (χ4v) is 3.51. The number of hydrogen-bond donors (Lipinski definition) is 0. The minimum absolute atomic E-state index is 0.287. The van der Waals surface area contributed by atoms with Crippen molar-refractivity contribution in [3.8, 4) is 0 Å². The summed E-state index contributed by atoms with van der Waals surface area (Å²) in [6, 6.07) is 10.9. The lowest BCUT2D eigenvalue weighted by molar-refractivity contribution is 0.273. The number of hydrogen-bond acceptors (Lipinski definition) is 3. The van der Waals surface area contributed by atoms with Gasteiger partial charge in [-0.05, 0) is 17.9 Å². The highest BCUT2D eigenvalue weighted by Gasteiger charge is 2.40. The van der Waals surface area contributed by atoms with E-state index < -0.39 is 0 Å². The first-order valence-electron chi connectivity index (χ1n) is 7.59. The van der Waals surface area contributed by atoms with Crippen LogP contribution in [0.3, 0.4) is 0 Å². The molecule has 0 aliphatic carbocycles. The van der Waals surface area contributed by atoms with Crippen molar-refractivity contribution in [1.82, 2.24) is 19.7 Å². The monoisotopic (exact) mass is 284 g/mol. The zero-order chi connectivity index (χ0) is 15.0. The molecule has 1 fully saturated rings. The van der Waals surface area contributed by atoms with E-state index in [2.05, 4.69) is 59.2 Å². The molecule has 0 radical (unpaired) electrons. The van der Waals surface area contributed by atoms with Crippen LogP contribution in [0.1, 0.15) is 37.0 Å². The molecule has 1 aromatic carbocycles. The zero-order valence-electron chi connectivity index (χ0n) is 13.4. The summed E-state index contributed by atoms with van der Waals surface area (Å²) in [5.41, 5.74) is 1.73. The van der Waals surface area contributed by atoms with Crippen molar-refractivity contribution in [2.45, 2.75) is 33.2 Å². The Bertz CT molecular complexity index is 615. The Labute approximate surface area is 126 Å². The van der Waals surface area contributed by atoms with E-state index >= 15 is 0 Å². The average Bonchev–Trinajstić information content (AvgIpc) is 2.90. The molecule has 0 saturated carbocycles. The molecule has 112 valence electrons. The van der Waals surface area contributed by atoms with Crippen LogP contribution >= 0.6 is 0 Å². The third-order valence-corrected chi connectivity index (χ3v) is 4.54. The van der Waals surface area contributed by atoms with Crippen molar-refractivity contribution in [3.05, 3.63) is 47.5 Å². The molecule has 1 saturated heterocycles. The number of benzene rings is 1. The summed E-state index contributed by atoms with van der Waals surface area (Å²) in [6.07, 6.45) is 0. The molecule has 0 N–H and O–H groups in total. The van der Waals surface area contributed by atoms with E-state index in [-0.39, 0.29) is 5.41 Å². The minimum atomic E-state index is 0.287. The van der Waals surface area contributed by atoms with Crippen molar-refractivity contribution in [2.75, 3.05) is 13.1 Å². The lowest BCUT2D eigenvalue weighted by atomic mass is 9.78. The van der Waals surface area contributed by atoms with Gasteiger partial charge >= 0.3 is 0 Å². The molecule has 2 heterocycles. The minimum Gasteiger partial charge on any atom is -0.295 e. The van der Waals surface area contributed by atoms with Crippen molar-refractivity contribution >= 4 is 0 Å². The van der Waals surface area contributed by atoms with Gasteiger partial charge in [0.1, 0.15) is 11.6 Å². The molecular formula is C17H24N4. The quantitative estimate of drug-likeness (QED) is 0.869. The molecule has 4 heteroatoms. The van der Waals surface area contributed by atoms with Crippen LogP contribution in [0.2, 0.25) is 0 Å². The van der Waals surface area contributed by atoms with Gasteiger partial charge in [-0.25, -0.2) is 4.98 Å². The van der Waals surface area contributed by atoms with Crippen LogP contribution in [0, 0.1) is 12.3 Å². The molecule has 0 amide bonds. The van der Waals surface area contributed by atoms with Gasteiger partial charge in [0.15, 0.2) is 0 Å². The van der Waals surface area contributed by atoms with Crippen molar-refractivity contribution in [1.29, 1.82) is 0 Å². The Morgan fingerprint density at radius 1 is 1.24 bits per heavy atom. The van der Waals surface area contributed by atoms with Gasteiger partial charge in [0.25, 0.3) is 0 Å². The summed E-state index contributed by atoms with van der Waals surface area (Å²) in [7, 11) is 1.98. The van der Waals surface area contributed by atoms with Crippen LogP contribution in [0.5, 0.6) is 0 Å². The van der Waals surface area contributed by atoms with Crippen LogP contribution in [0.4, 0.5) is 0 Å².